The molecule has 1 atom stereocenters. The Morgan fingerprint density at radius 1 is 1.14 bits per heavy atom. The summed E-state index contributed by atoms with van der Waals surface area (Å²) in [6, 6.07) is 3.64. The number of aromatic nitrogens is 4. The Hall–Kier alpha value is -1.84. The molecule has 0 amide bonds. The van der Waals surface area contributed by atoms with E-state index in [0.717, 1.165) is 66.5 Å². The van der Waals surface area contributed by atoms with Crippen LogP contribution in [-0.4, -0.2) is 69.9 Å². The van der Waals surface area contributed by atoms with E-state index in [4.69, 9.17) is 21.6 Å². The fourth-order valence-corrected chi connectivity index (χ4v) is 4.66. The number of aliphatic hydroxyl groups is 1. The van der Waals surface area contributed by atoms with Crippen molar-refractivity contribution < 1.29 is 5.11 Å². The molecule has 29 heavy (non-hydrogen) atoms. The topological polar surface area (TPSA) is 90.3 Å². The Balaban J connectivity index is 1.50. The maximum absolute atomic E-state index is 9.73. The van der Waals surface area contributed by atoms with E-state index < -0.39 is 0 Å². The molecule has 0 spiro atoms. The summed E-state index contributed by atoms with van der Waals surface area (Å²) in [5, 5.41) is 21.7. The van der Waals surface area contributed by atoms with Crippen LogP contribution in [0.25, 0.3) is 0 Å². The van der Waals surface area contributed by atoms with Gasteiger partial charge >= 0.3 is 0 Å². The second kappa shape index (κ2) is 8.89. The maximum Gasteiger partial charge on any atom is 0.227 e. The SMILES string of the molecule is CC(C)C(CO)Nc1nc(N2CCN(c3ccc(Cl)nn3)CC2)nc2c1SCC2. The first kappa shape index (κ1) is 20.4. The molecule has 0 aliphatic carbocycles. The van der Waals surface area contributed by atoms with Crippen molar-refractivity contribution in [1.82, 2.24) is 20.2 Å². The number of nitrogens with one attached hydrogen (secondary N) is 1. The van der Waals surface area contributed by atoms with Crippen LogP contribution in [0.3, 0.4) is 0 Å². The first-order valence-corrected chi connectivity index (χ1v) is 11.3. The van der Waals surface area contributed by atoms with Gasteiger partial charge in [0.2, 0.25) is 5.95 Å². The van der Waals surface area contributed by atoms with Crippen LogP contribution in [0.15, 0.2) is 17.0 Å². The summed E-state index contributed by atoms with van der Waals surface area (Å²) in [4.78, 5) is 15.3. The summed E-state index contributed by atoms with van der Waals surface area (Å²) >= 11 is 7.63. The van der Waals surface area contributed by atoms with Crippen molar-refractivity contribution >= 4 is 40.9 Å². The van der Waals surface area contributed by atoms with Crippen LogP contribution < -0.4 is 15.1 Å². The zero-order chi connectivity index (χ0) is 20.4. The summed E-state index contributed by atoms with van der Waals surface area (Å²) in [5.41, 5.74) is 1.11. The number of nitrogens with zero attached hydrogens (tertiary/aromatic N) is 6. The highest BCUT2D eigenvalue weighted by molar-refractivity contribution is 7.99. The molecule has 2 aliphatic heterocycles. The second-order valence-corrected chi connectivity index (χ2v) is 9.10. The predicted octanol–water partition coefficient (Wildman–Crippen LogP) is 2.32. The molecule has 8 nitrogen and oxygen atoms in total. The van der Waals surface area contributed by atoms with Gasteiger partial charge in [-0.1, -0.05) is 25.4 Å². The van der Waals surface area contributed by atoms with Gasteiger partial charge in [0, 0.05) is 38.4 Å². The quantitative estimate of drug-likeness (QED) is 0.709. The lowest BCUT2D eigenvalue weighted by Gasteiger charge is -2.35. The van der Waals surface area contributed by atoms with Gasteiger partial charge in [0.25, 0.3) is 0 Å². The average Bonchev–Trinajstić information content (AvgIpc) is 3.21. The Bertz CT molecular complexity index is 843. The molecule has 0 radical (unpaired) electrons. The number of hydrogen-bond acceptors (Lipinski definition) is 9. The second-order valence-electron chi connectivity index (χ2n) is 7.61. The molecule has 0 bridgehead atoms. The van der Waals surface area contributed by atoms with Crippen molar-refractivity contribution in [3.8, 4) is 0 Å². The smallest absolute Gasteiger partial charge is 0.227 e. The minimum atomic E-state index is -0.0247. The van der Waals surface area contributed by atoms with Crippen LogP contribution in [0, 0.1) is 5.92 Å². The number of aryl methyl sites for hydroxylation is 1. The van der Waals surface area contributed by atoms with E-state index in [1.54, 1.807) is 17.8 Å². The van der Waals surface area contributed by atoms with Crippen molar-refractivity contribution in [2.45, 2.75) is 31.2 Å². The number of hydrogen-bond donors (Lipinski definition) is 2. The van der Waals surface area contributed by atoms with Gasteiger partial charge < -0.3 is 20.2 Å². The molecule has 2 aliphatic rings. The van der Waals surface area contributed by atoms with E-state index in [0.29, 0.717) is 11.1 Å². The number of piperazine rings is 1. The van der Waals surface area contributed by atoms with E-state index in [-0.39, 0.29) is 12.6 Å². The highest BCUT2D eigenvalue weighted by atomic mass is 35.5. The molecule has 1 unspecified atom stereocenters. The summed E-state index contributed by atoms with van der Waals surface area (Å²) in [5.74, 6) is 3.79. The molecule has 10 heteroatoms. The summed E-state index contributed by atoms with van der Waals surface area (Å²) in [6.45, 7) is 7.54. The molecule has 0 saturated carbocycles. The maximum atomic E-state index is 9.73. The molecular weight excluding hydrogens is 410 g/mol. The van der Waals surface area contributed by atoms with Gasteiger partial charge in [-0.15, -0.1) is 22.0 Å². The molecule has 2 aromatic heterocycles. The lowest BCUT2D eigenvalue weighted by Crippen LogP contribution is -2.47. The molecule has 1 saturated heterocycles. The third kappa shape index (κ3) is 4.51. The molecule has 4 rings (SSSR count). The summed E-state index contributed by atoms with van der Waals surface area (Å²) < 4.78 is 0. The van der Waals surface area contributed by atoms with Crippen molar-refractivity contribution in [2.75, 3.05) is 53.7 Å². The van der Waals surface area contributed by atoms with Gasteiger partial charge in [0.05, 0.1) is 23.2 Å². The normalized spacial score (nSPS) is 17.6. The Kier molecular flexibility index (Phi) is 6.26. The number of halogens is 1. The van der Waals surface area contributed by atoms with Crippen LogP contribution >= 0.6 is 23.4 Å². The molecule has 156 valence electrons. The van der Waals surface area contributed by atoms with E-state index in [2.05, 4.69) is 39.2 Å². The standard InChI is InChI=1S/C19H26ClN7OS/c1-12(2)14(11-28)21-18-17-13(5-10-29-17)22-19(23-18)27-8-6-26(7-9-27)16-4-3-15(20)24-25-16/h3-4,12,14,28H,5-11H2,1-2H3,(H,21,22,23). The largest absolute Gasteiger partial charge is 0.394 e. The molecular formula is C19H26ClN7OS. The van der Waals surface area contributed by atoms with E-state index in [1.807, 2.05) is 6.07 Å². The number of anilines is 3. The van der Waals surface area contributed by atoms with Crippen LogP contribution in [0.5, 0.6) is 0 Å². The van der Waals surface area contributed by atoms with E-state index in [9.17, 15) is 5.11 Å². The minimum Gasteiger partial charge on any atom is -0.394 e. The molecule has 4 heterocycles. The summed E-state index contributed by atoms with van der Waals surface area (Å²) in [7, 11) is 0. The zero-order valence-electron chi connectivity index (χ0n) is 16.7. The Labute approximate surface area is 180 Å². The van der Waals surface area contributed by atoms with Gasteiger partial charge in [0.1, 0.15) is 5.82 Å². The lowest BCUT2D eigenvalue weighted by molar-refractivity contribution is 0.249. The van der Waals surface area contributed by atoms with Gasteiger partial charge in [-0.25, -0.2) is 4.98 Å². The highest BCUT2D eigenvalue weighted by Crippen LogP contribution is 2.37. The number of thioether (sulfide) groups is 1. The van der Waals surface area contributed by atoms with Gasteiger partial charge in [-0.3, -0.25) is 0 Å². The van der Waals surface area contributed by atoms with Crippen molar-refractivity contribution in [2.24, 2.45) is 5.92 Å². The van der Waals surface area contributed by atoms with Crippen LogP contribution in [0.1, 0.15) is 19.5 Å². The Morgan fingerprint density at radius 2 is 1.90 bits per heavy atom. The lowest BCUT2D eigenvalue weighted by atomic mass is 10.1. The average molecular weight is 436 g/mol. The zero-order valence-corrected chi connectivity index (χ0v) is 18.2. The van der Waals surface area contributed by atoms with Crippen molar-refractivity contribution in [3.63, 3.8) is 0 Å². The van der Waals surface area contributed by atoms with Crippen LogP contribution in [-0.2, 0) is 6.42 Å². The third-order valence-electron chi connectivity index (χ3n) is 5.34. The first-order chi connectivity index (χ1) is 14.0. The van der Waals surface area contributed by atoms with Gasteiger partial charge in [0.15, 0.2) is 11.0 Å². The molecule has 2 N–H and O–H groups in total. The number of rotatable bonds is 6. The van der Waals surface area contributed by atoms with Gasteiger partial charge in [-0.05, 0) is 18.1 Å². The highest BCUT2D eigenvalue weighted by Gasteiger charge is 2.26. The molecule has 2 aromatic rings. The van der Waals surface area contributed by atoms with Crippen LogP contribution in [0.4, 0.5) is 17.6 Å². The fraction of sp³-hybridized carbons (Fsp3) is 0.579. The fourth-order valence-electron chi connectivity index (χ4n) is 3.51. The predicted molar refractivity (Wildman–Crippen MR) is 117 cm³/mol. The van der Waals surface area contributed by atoms with Crippen molar-refractivity contribution in [1.29, 1.82) is 0 Å². The number of fused-ring (bicyclic) bond motifs is 1. The minimum absolute atomic E-state index is 0.0247. The third-order valence-corrected chi connectivity index (χ3v) is 6.66. The first-order valence-electron chi connectivity index (χ1n) is 9.95. The van der Waals surface area contributed by atoms with E-state index >= 15 is 0 Å². The monoisotopic (exact) mass is 435 g/mol. The molecule has 0 aromatic carbocycles. The van der Waals surface area contributed by atoms with Crippen LogP contribution in [0.2, 0.25) is 5.15 Å². The van der Waals surface area contributed by atoms with Gasteiger partial charge in [-0.2, -0.15) is 4.98 Å². The van der Waals surface area contributed by atoms with E-state index in [1.165, 1.54) is 0 Å². The summed E-state index contributed by atoms with van der Waals surface area (Å²) in [6.07, 6.45) is 0.954. The number of aliphatic hydroxyl groups excluding tert-OH is 1. The van der Waals surface area contributed by atoms with Crippen molar-refractivity contribution in [3.05, 3.63) is 23.0 Å². The Morgan fingerprint density at radius 3 is 2.55 bits per heavy atom. The molecule has 1 fully saturated rings.